The molecule has 0 radical (unpaired) electrons. The minimum absolute atomic E-state index is 0.0813. The zero-order valence-electron chi connectivity index (χ0n) is 17.1. The van der Waals surface area contributed by atoms with Crippen molar-refractivity contribution in [1.29, 1.82) is 0 Å². The third kappa shape index (κ3) is 4.94. The number of carbonyl (C=O) groups excluding carboxylic acids is 1. The van der Waals surface area contributed by atoms with Crippen molar-refractivity contribution in [3.63, 3.8) is 0 Å². The average molecular weight is 495 g/mol. The molecule has 2 aromatic carbocycles. The minimum Gasteiger partial charge on any atom is -0.497 e. The number of hydrogen-bond donors (Lipinski definition) is 1. The zero-order chi connectivity index (χ0) is 22.5. The summed E-state index contributed by atoms with van der Waals surface area (Å²) in [6.45, 7) is 0.190. The normalized spacial score (nSPS) is 10.7. The number of aromatic nitrogens is 3. The van der Waals surface area contributed by atoms with Crippen LogP contribution >= 0.6 is 15.9 Å². The molecule has 162 valence electrons. The van der Waals surface area contributed by atoms with Crippen LogP contribution in [0.25, 0.3) is 10.9 Å². The quantitative estimate of drug-likeness (QED) is 0.409. The Labute approximate surface area is 192 Å². The van der Waals surface area contributed by atoms with Gasteiger partial charge in [0, 0.05) is 23.6 Å². The first-order chi connectivity index (χ1) is 15.5. The van der Waals surface area contributed by atoms with Gasteiger partial charge in [0.25, 0.3) is 5.56 Å². The van der Waals surface area contributed by atoms with Gasteiger partial charge >= 0.3 is 0 Å². The van der Waals surface area contributed by atoms with Gasteiger partial charge < -0.3 is 14.8 Å². The van der Waals surface area contributed by atoms with Crippen molar-refractivity contribution < 1.29 is 14.3 Å². The zero-order valence-corrected chi connectivity index (χ0v) is 18.7. The molecule has 0 fully saturated rings. The maximum atomic E-state index is 12.7. The van der Waals surface area contributed by atoms with Crippen LogP contribution in [0.1, 0.15) is 6.42 Å². The highest BCUT2D eigenvalue weighted by molar-refractivity contribution is 9.10. The van der Waals surface area contributed by atoms with Crippen molar-refractivity contribution in [3.8, 4) is 17.4 Å². The van der Waals surface area contributed by atoms with E-state index in [9.17, 15) is 9.59 Å². The van der Waals surface area contributed by atoms with Crippen molar-refractivity contribution in [2.75, 3.05) is 12.4 Å². The molecule has 0 saturated carbocycles. The van der Waals surface area contributed by atoms with Crippen molar-refractivity contribution >= 4 is 38.4 Å². The summed E-state index contributed by atoms with van der Waals surface area (Å²) in [5, 5.41) is 3.29. The molecule has 4 rings (SSSR count). The van der Waals surface area contributed by atoms with E-state index in [2.05, 4.69) is 31.2 Å². The molecular weight excluding hydrogens is 476 g/mol. The van der Waals surface area contributed by atoms with E-state index in [1.54, 1.807) is 61.8 Å². The number of nitrogens with zero attached hydrogens (tertiary/aromatic N) is 3. The number of fused-ring (bicyclic) bond motifs is 1. The Morgan fingerprint density at radius 3 is 2.66 bits per heavy atom. The molecule has 2 heterocycles. The minimum atomic E-state index is -0.279. The number of pyridine rings is 1. The average Bonchev–Trinajstić information content (AvgIpc) is 2.81. The molecule has 9 heteroatoms. The van der Waals surface area contributed by atoms with E-state index >= 15 is 0 Å². The fraction of sp³-hybridized carbons (Fsp3) is 0.130. The Balaban J connectivity index is 1.44. The summed E-state index contributed by atoms with van der Waals surface area (Å²) in [5.74, 6) is 1.25. The molecule has 0 spiro atoms. The van der Waals surface area contributed by atoms with Crippen LogP contribution in [0.3, 0.4) is 0 Å². The van der Waals surface area contributed by atoms with Crippen LogP contribution in [0.2, 0.25) is 0 Å². The van der Waals surface area contributed by atoms with Crippen LogP contribution < -0.4 is 20.3 Å². The highest BCUT2D eigenvalue weighted by Gasteiger charge is 2.12. The maximum absolute atomic E-state index is 12.7. The number of halogens is 1. The van der Waals surface area contributed by atoms with Crippen molar-refractivity contribution in [2.45, 2.75) is 13.0 Å². The number of carbonyl (C=O) groups is 1. The van der Waals surface area contributed by atoms with E-state index in [0.29, 0.717) is 28.1 Å². The molecule has 0 atom stereocenters. The Bertz CT molecular complexity index is 1320. The summed E-state index contributed by atoms with van der Waals surface area (Å²) in [4.78, 5) is 33.7. The van der Waals surface area contributed by atoms with E-state index in [1.807, 2.05) is 6.07 Å². The molecule has 0 unspecified atom stereocenters. The molecule has 1 amide bonds. The van der Waals surface area contributed by atoms with Crippen LogP contribution in [0, 0.1) is 0 Å². The van der Waals surface area contributed by atoms with Gasteiger partial charge in [-0.3, -0.25) is 14.2 Å². The third-order valence-electron chi connectivity index (χ3n) is 4.69. The van der Waals surface area contributed by atoms with Crippen molar-refractivity contribution in [1.82, 2.24) is 14.5 Å². The molecule has 0 bridgehead atoms. The molecule has 1 N–H and O–H groups in total. The first-order valence-electron chi connectivity index (χ1n) is 9.75. The number of anilines is 1. The van der Waals surface area contributed by atoms with Gasteiger partial charge in [-0.2, -0.15) is 0 Å². The van der Waals surface area contributed by atoms with Gasteiger partial charge in [-0.25, -0.2) is 9.97 Å². The monoisotopic (exact) mass is 494 g/mol. The summed E-state index contributed by atoms with van der Waals surface area (Å²) < 4.78 is 13.2. The lowest BCUT2D eigenvalue weighted by molar-refractivity contribution is -0.116. The van der Waals surface area contributed by atoms with E-state index in [0.717, 1.165) is 4.47 Å². The first kappa shape index (κ1) is 21.5. The largest absolute Gasteiger partial charge is 0.497 e. The second-order valence-corrected chi connectivity index (χ2v) is 7.75. The topological polar surface area (TPSA) is 95.3 Å². The molecule has 0 aliphatic carbocycles. The lowest BCUT2D eigenvalue weighted by atomic mass is 10.2. The lowest BCUT2D eigenvalue weighted by Gasteiger charge is -2.12. The van der Waals surface area contributed by atoms with E-state index in [4.69, 9.17) is 9.47 Å². The molecule has 4 aromatic rings. The van der Waals surface area contributed by atoms with Crippen LogP contribution in [-0.2, 0) is 11.3 Å². The van der Waals surface area contributed by atoms with Crippen molar-refractivity contribution in [2.24, 2.45) is 0 Å². The standard InChI is InChI=1S/C23H19BrN4O4/c1-31-16-5-7-17(8-6-16)32-22-20(3-2-11-25-22)27-21(29)10-12-28-14-26-19-9-4-15(24)13-18(19)23(28)30/h2-9,11,13-14H,10,12H2,1H3,(H,27,29). The summed E-state index contributed by atoms with van der Waals surface area (Å²) in [7, 11) is 1.59. The van der Waals surface area contributed by atoms with Crippen molar-refractivity contribution in [3.05, 3.63) is 81.9 Å². The Hall–Kier alpha value is -3.72. The third-order valence-corrected chi connectivity index (χ3v) is 5.18. The van der Waals surface area contributed by atoms with Crippen LogP contribution in [0.5, 0.6) is 17.4 Å². The van der Waals surface area contributed by atoms with Gasteiger partial charge in [0.05, 0.1) is 24.3 Å². The number of ether oxygens (including phenoxy) is 2. The Morgan fingerprint density at radius 1 is 1.09 bits per heavy atom. The number of nitrogens with one attached hydrogen (secondary N) is 1. The lowest BCUT2D eigenvalue weighted by Crippen LogP contribution is -2.23. The predicted octanol–water partition coefficient (Wildman–Crippen LogP) is 4.38. The Morgan fingerprint density at radius 2 is 1.88 bits per heavy atom. The number of amides is 1. The second-order valence-electron chi connectivity index (χ2n) is 6.84. The SMILES string of the molecule is COc1ccc(Oc2ncccc2NC(=O)CCn2cnc3ccc(Br)cc3c2=O)cc1. The summed E-state index contributed by atoms with van der Waals surface area (Å²) in [5.41, 5.74) is 0.838. The predicted molar refractivity (Wildman–Crippen MR) is 124 cm³/mol. The number of hydrogen-bond acceptors (Lipinski definition) is 6. The van der Waals surface area contributed by atoms with Gasteiger partial charge in [-0.15, -0.1) is 0 Å². The molecule has 0 aliphatic heterocycles. The van der Waals surface area contributed by atoms with Gasteiger partial charge in [-0.05, 0) is 54.6 Å². The number of aryl methyl sites for hydroxylation is 1. The molecule has 32 heavy (non-hydrogen) atoms. The van der Waals surface area contributed by atoms with Crippen LogP contribution in [0.15, 0.2) is 76.4 Å². The highest BCUT2D eigenvalue weighted by atomic mass is 79.9. The summed E-state index contributed by atoms with van der Waals surface area (Å²) in [6.07, 6.45) is 3.11. The number of rotatable bonds is 7. The first-order valence-corrected chi connectivity index (χ1v) is 10.5. The van der Waals surface area contributed by atoms with Crippen LogP contribution in [-0.4, -0.2) is 27.6 Å². The van der Waals surface area contributed by atoms with Crippen LogP contribution in [0.4, 0.5) is 5.69 Å². The highest BCUT2D eigenvalue weighted by Crippen LogP contribution is 2.28. The van der Waals surface area contributed by atoms with Gasteiger partial charge in [0.15, 0.2) is 0 Å². The second kappa shape index (κ2) is 9.61. The maximum Gasteiger partial charge on any atom is 0.261 e. The van der Waals surface area contributed by atoms with E-state index in [-0.39, 0.29) is 30.3 Å². The summed E-state index contributed by atoms with van der Waals surface area (Å²) >= 11 is 3.36. The van der Waals surface area contributed by atoms with Gasteiger partial charge in [0.2, 0.25) is 11.8 Å². The number of benzene rings is 2. The molecule has 2 aromatic heterocycles. The van der Waals surface area contributed by atoms with Gasteiger partial charge in [0.1, 0.15) is 17.2 Å². The fourth-order valence-electron chi connectivity index (χ4n) is 3.05. The van der Waals surface area contributed by atoms with E-state index in [1.165, 1.54) is 10.9 Å². The summed E-state index contributed by atoms with van der Waals surface area (Å²) in [6, 6.07) is 15.7. The number of methoxy groups -OCH3 is 1. The van der Waals surface area contributed by atoms with E-state index < -0.39 is 0 Å². The fourth-order valence-corrected chi connectivity index (χ4v) is 3.41. The smallest absolute Gasteiger partial charge is 0.261 e. The van der Waals surface area contributed by atoms with Gasteiger partial charge in [-0.1, -0.05) is 15.9 Å². The molecule has 8 nitrogen and oxygen atoms in total. The molecule has 0 saturated heterocycles. The molecular formula is C23H19BrN4O4. The molecule has 0 aliphatic rings. The Kier molecular flexibility index (Phi) is 6.46.